The minimum Gasteiger partial charge on any atom is -0.264 e. The van der Waals surface area contributed by atoms with Crippen molar-refractivity contribution in [3.63, 3.8) is 0 Å². The van der Waals surface area contributed by atoms with Gasteiger partial charge in [-0.15, -0.1) is 0 Å². The van der Waals surface area contributed by atoms with Crippen LogP contribution in [-0.4, -0.2) is 9.97 Å². The van der Waals surface area contributed by atoms with E-state index in [9.17, 15) is 0 Å². The van der Waals surface area contributed by atoms with Gasteiger partial charge in [0.05, 0.1) is 5.69 Å². The van der Waals surface area contributed by atoms with E-state index in [0.717, 1.165) is 10.9 Å². The monoisotopic (exact) mass is 194 g/mol. The van der Waals surface area contributed by atoms with E-state index in [1.165, 1.54) is 21.9 Å². The van der Waals surface area contributed by atoms with Crippen molar-refractivity contribution in [2.24, 2.45) is 0 Å². The predicted molar refractivity (Wildman–Crippen MR) is 60.4 cm³/mol. The van der Waals surface area contributed by atoms with Gasteiger partial charge in [0.15, 0.2) is 0 Å². The highest BCUT2D eigenvalue weighted by molar-refractivity contribution is 5.86. The molecule has 15 heavy (non-hydrogen) atoms. The van der Waals surface area contributed by atoms with Crippen LogP contribution in [0.3, 0.4) is 0 Å². The van der Waals surface area contributed by atoms with Crippen LogP contribution in [0.5, 0.6) is 0 Å². The second-order valence-corrected chi connectivity index (χ2v) is 3.74. The third-order valence-corrected chi connectivity index (χ3v) is 2.89. The van der Waals surface area contributed by atoms with Crippen LogP contribution in [0.15, 0.2) is 30.7 Å². The molecule has 2 aromatic rings. The topological polar surface area (TPSA) is 25.8 Å². The summed E-state index contributed by atoms with van der Waals surface area (Å²) in [6.45, 7) is 6.14. The lowest BCUT2D eigenvalue weighted by Crippen LogP contribution is -2.25. The average molecular weight is 194 g/mol. The Morgan fingerprint density at radius 3 is 2.87 bits per heavy atom. The number of nitrogens with zero attached hydrogens (tertiary/aromatic N) is 2. The van der Waals surface area contributed by atoms with Gasteiger partial charge in [-0.1, -0.05) is 6.58 Å². The molecule has 0 atom stereocenters. The quantitative estimate of drug-likeness (QED) is 0.627. The zero-order valence-corrected chi connectivity index (χ0v) is 8.49. The highest BCUT2D eigenvalue weighted by Gasteiger charge is 2.17. The van der Waals surface area contributed by atoms with Gasteiger partial charge in [-0.05, 0) is 29.8 Å². The van der Waals surface area contributed by atoms with Crippen molar-refractivity contribution in [1.29, 1.82) is 0 Å². The molecule has 0 radical (unpaired) electrons. The maximum atomic E-state index is 4.42. The molecule has 0 amide bonds. The van der Waals surface area contributed by atoms with Crippen LogP contribution in [0.2, 0.25) is 0 Å². The molecule has 0 aliphatic heterocycles. The van der Waals surface area contributed by atoms with Gasteiger partial charge in [-0.25, -0.2) is 0 Å². The molecule has 0 aromatic carbocycles. The Labute approximate surface area is 87.6 Å². The Morgan fingerprint density at radius 2 is 2.00 bits per heavy atom. The Bertz CT molecular complexity index is 656. The van der Waals surface area contributed by atoms with Gasteiger partial charge in [-0.3, -0.25) is 9.97 Å². The van der Waals surface area contributed by atoms with Crippen molar-refractivity contribution in [2.75, 3.05) is 0 Å². The van der Waals surface area contributed by atoms with Crippen LogP contribution in [0.25, 0.3) is 23.4 Å². The van der Waals surface area contributed by atoms with Crippen molar-refractivity contribution in [1.82, 2.24) is 9.97 Å². The SMILES string of the molecule is C=c1ccnc2c1=C(C)c1cnccc1-2. The van der Waals surface area contributed by atoms with Gasteiger partial charge in [0, 0.05) is 34.9 Å². The van der Waals surface area contributed by atoms with Crippen LogP contribution in [0.4, 0.5) is 0 Å². The third kappa shape index (κ3) is 0.988. The molecule has 0 saturated carbocycles. The number of pyridine rings is 2. The largest absolute Gasteiger partial charge is 0.264 e. The van der Waals surface area contributed by atoms with Crippen molar-refractivity contribution in [3.05, 3.63) is 46.7 Å². The second-order valence-electron chi connectivity index (χ2n) is 3.74. The molecule has 2 heteroatoms. The third-order valence-electron chi connectivity index (χ3n) is 2.89. The van der Waals surface area contributed by atoms with Gasteiger partial charge in [0.1, 0.15) is 0 Å². The molecule has 2 nitrogen and oxygen atoms in total. The second kappa shape index (κ2) is 2.76. The minimum atomic E-state index is 1.04. The summed E-state index contributed by atoms with van der Waals surface area (Å²) >= 11 is 0. The molecule has 0 bridgehead atoms. The van der Waals surface area contributed by atoms with Crippen molar-refractivity contribution in [3.8, 4) is 11.3 Å². The molecule has 0 spiro atoms. The Kier molecular flexibility index (Phi) is 1.54. The first-order valence-electron chi connectivity index (χ1n) is 4.88. The van der Waals surface area contributed by atoms with Gasteiger partial charge >= 0.3 is 0 Å². The predicted octanol–water partition coefficient (Wildman–Crippen LogP) is 1.09. The summed E-state index contributed by atoms with van der Waals surface area (Å²) in [7, 11) is 0. The average Bonchev–Trinajstić information content (AvgIpc) is 2.55. The first kappa shape index (κ1) is 8.36. The van der Waals surface area contributed by atoms with E-state index in [4.69, 9.17) is 0 Å². The summed E-state index contributed by atoms with van der Waals surface area (Å²) in [6.07, 6.45) is 5.51. The van der Waals surface area contributed by atoms with Crippen LogP contribution in [0.1, 0.15) is 12.5 Å². The minimum absolute atomic E-state index is 1.04. The maximum absolute atomic E-state index is 4.42. The van der Waals surface area contributed by atoms with E-state index in [1.807, 2.05) is 24.5 Å². The van der Waals surface area contributed by atoms with Crippen LogP contribution < -0.4 is 10.4 Å². The Hall–Kier alpha value is -1.96. The fourth-order valence-electron chi connectivity index (χ4n) is 2.16. The molecule has 0 unspecified atom stereocenters. The van der Waals surface area contributed by atoms with E-state index in [2.05, 4.69) is 23.5 Å². The van der Waals surface area contributed by atoms with Gasteiger partial charge in [0.25, 0.3) is 0 Å². The van der Waals surface area contributed by atoms with E-state index in [1.54, 1.807) is 6.20 Å². The molecular formula is C13H10N2. The maximum Gasteiger partial charge on any atom is 0.0790 e. The molecule has 0 N–H and O–H groups in total. The van der Waals surface area contributed by atoms with E-state index in [-0.39, 0.29) is 0 Å². The summed E-state index contributed by atoms with van der Waals surface area (Å²) in [4.78, 5) is 8.57. The standard InChI is InChI=1S/C13H10N2/c1-8-3-6-15-13-10-4-5-14-7-11(10)9(2)12(8)13/h3-7H,1H2,2H3. The van der Waals surface area contributed by atoms with E-state index >= 15 is 0 Å². The zero-order valence-electron chi connectivity index (χ0n) is 8.49. The number of hydrogen-bond acceptors (Lipinski definition) is 2. The van der Waals surface area contributed by atoms with E-state index in [0.29, 0.717) is 0 Å². The zero-order chi connectivity index (χ0) is 10.4. The highest BCUT2D eigenvalue weighted by atomic mass is 14.7. The Balaban J connectivity index is 2.58. The molecule has 0 fully saturated rings. The highest BCUT2D eigenvalue weighted by Crippen LogP contribution is 2.27. The summed E-state index contributed by atoms with van der Waals surface area (Å²) in [5, 5.41) is 2.20. The smallest absolute Gasteiger partial charge is 0.0790 e. The molecule has 72 valence electrons. The Morgan fingerprint density at radius 1 is 1.13 bits per heavy atom. The summed E-state index contributed by atoms with van der Waals surface area (Å²) < 4.78 is 0. The normalized spacial score (nSPS) is 12.5. The molecule has 2 heterocycles. The fraction of sp³-hybridized carbons (Fsp3) is 0.0769. The lowest BCUT2D eigenvalue weighted by molar-refractivity contribution is 1.27. The van der Waals surface area contributed by atoms with Crippen molar-refractivity contribution < 1.29 is 0 Å². The van der Waals surface area contributed by atoms with Gasteiger partial charge < -0.3 is 0 Å². The fourth-order valence-corrected chi connectivity index (χ4v) is 2.16. The van der Waals surface area contributed by atoms with Crippen LogP contribution >= 0.6 is 0 Å². The van der Waals surface area contributed by atoms with Crippen molar-refractivity contribution >= 4 is 12.2 Å². The lowest BCUT2D eigenvalue weighted by atomic mass is 10.1. The first-order valence-corrected chi connectivity index (χ1v) is 4.88. The molecule has 1 aliphatic carbocycles. The molecule has 2 aromatic heterocycles. The van der Waals surface area contributed by atoms with Crippen LogP contribution in [-0.2, 0) is 0 Å². The molecule has 1 aliphatic rings. The molecule has 0 saturated heterocycles. The number of hydrogen-bond donors (Lipinski definition) is 0. The summed E-state index contributed by atoms with van der Waals surface area (Å²) in [5.74, 6) is 0. The van der Waals surface area contributed by atoms with Gasteiger partial charge in [-0.2, -0.15) is 0 Å². The van der Waals surface area contributed by atoms with Crippen LogP contribution in [0, 0.1) is 0 Å². The number of aromatic nitrogens is 2. The first-order chi connectivity index (χ1) is 7.29. The number of fused-ring (bicyclic) bond motifs is 3. The molecular weight excluding hydrogens is 184 g/mol. The summed E-state index contributed by atoms with van der Waals surface area (Å²) in [6, 6.07) is 3.96. The molecule has 3 rings (SSSR count). The van der Waals surface area contributed by atoms with Crippen molar-refractivity contribution in [2.45, 2.75) is 6.92 Å². The van der Waals surface area contributed by atoms with Gasteiger partial charge in [0.2, 0.25) is 0 Å². The summed E-state index contributed by atoms with van der Waals surface area (Å²) in [5.41, 5.74) is 4.61. The lowest BCUT2D eigenvalue weighted by Gasteiger charge is -1.98. The van der Waals surface area contributed by atoms with E-state index < -0.39 is 0 Å². The number of rotatable bonds is 0.